The summed E-state index contributed by atoms with van der Waals surface area (Å²) in [6, 6.07) is 9.69. The van der Waals surface area contributed by atoms with E-state index in [-0.39, 0.29) is 0 Å². The second-order valence-corrected chi connectivity index (χ2v) is 5.93. The summed E-state index contributed by atoms with van der Waals surface area (Å²) in [5.74, 6) is 0. The third kappa shape index (κ3) is 4.30. The highest BCUT2D eigenvalue weighted by Crippen LogP contribution is 2.17. The third-order valence-electron chi connectivity index (χ3n) is 4.43. The topological polar surface area (TPSA) is 18.5 Å². The number of hydrogen-bond donors (Lipinski definition) is 1. The molecule has 0 amide bonds. The summed E-state index contributed by atoms with van der Waals surface area (Å²) in [6.45, 7) is 7.98. The molecule has 1 saturated heterocycles. The van der Waals surface area contributed by atoms with E-state index >= 15 is 0 Å². The van der Waals surface area contributed by atoms with Crippen LogP contribution in [0.15, 0.2) is 24.3 Å². The number of nitrogens with one attached hydrogen (secondary N) is 1. The average molecular weight is 275 g/mol. The van der Waals surface area contributed by atoms with E-state index in [0.29, 0.717) is 0 Å². The summed E-state index contributed by atoms with van der Waals surface area (Å²) in [4.78, 5) is 5.09. The molecule has 0 aromatic heterocycles. The lowest BCUT2D eigenvalue weighted by atomic mass is 10.0. The van der Waals surface area contributed by atoms with Gasteiger partial charge in [0.15, 0.2) is 0 Å². The zero-order chi connectivity index (χ0) is 14.4. The van der Waals surface area contributed by atoms with Gasteiger partial charge in [-0.1, -0.05) is 31.2 Å². The molecule has 3 heteroatoms. The Labute approximate surface area is 124 Å². The summed E-state index contributed by atoms with van der Waals surface area (Å²) in [5.41, 5.74) is 2.80. The summed E-state index contributed by atoms with van der Waals surface area (Å²) in [5, 5.41) is 3.22. The Balaban J connectivity index is 1.87. The van der Waals surface area contributed by atoms with E-state index in [1.54, 1.807) is 0 Å². The molecular weight excluding hydrogens is 246 g/mol. The van der Waals surface area contributed by atoms with Gasteiger partial charge in [0.1, 0.15) is 0 Å². The van der Waals surface area contributed by atoms with Gasteiger partial charge < -0.3 is 10.2 Å². The van der Waals surface area contributed by atoms with Crippen LogP contribution >= 0.6 is 0 Å². The van der Waals surface area contributed by atoms with Crippen LogP contribution in [0.4, 0.5) is 0 Å². The molecule has 0 aliphatic carbocycles. The Morgan fingerprint density at radius 3 is 2.60 bits per heavy atom. The van der Waals surface area contributed by atoms with Crippen molar-refractivity contribution in [2.24, 2.45) is 0 Å². The third-order valence-corrected chi connectivity index (χ3v) is 4.43. The Morgan fingerprint density at radius 1 is 1.25 bits per heavy atom. The van der Waals surface area contributed by atoms with E-state index in [1.165, 1.54) is 43.6 Å². The van der Waals surface area contributed by atoms with Crippen molar-refractivity contribution in [1.82, 2.24) is 15.1 Å². The minimum atomic E-state index is 0.741. The maximum atomic E-state index is 3.22. The highest BCUT2D eigenvalue weighted by atomic mass is 15.2. The quantitative estimate of drug-likeness (QED) is 0.859. The van der Waals surface area contributed by atoms with Gasteiger partial charge in [0.2, 0.25) is 0 Å². The normalized spacial score (nSPS) is 17.8. The van der Waals surface area contributed by atoms with Crippen LogP contribution in [-0.2, 0) is 13.1 Å². The molecule has 2 rings (SSSR count). The maximum absolute atomic E-state index is 3.22. The molecule has 3 nitrogen and oxygen atoms in total. The number of piperidine rings is 1. The van der Waals surface area contributed by atoms with Crippen molar-refractivity contribution >= 4 is 0 Å². The van der Waals surface area contributed by atoms with Crippen molar-refractivity contribution in [3.63, 3.8) is 0 Å². The van der Waals surface area contributed by atoms with E-state index in [0.717, 1.165) is 19.1 Å². The summed E-state index contributed by atoms with van der Waals surface area (Å²) < 4.78 is 0. The fourth-order valence-corrected chi connectivity index (χ4v) is 3.14. The lowest BCUT2D eigenvalue weighted by Gasteiger charge is -2.36. The van der Waals surface area contributed by atoms with Gasteiger partial charge in [0, 0.05) is 19.1 Å². The number of hydrogen-bond acceptors (Lipinski definition) is 3. The van der Waals surface area contributed by atoms with Gasteiger partial charge in [0.05, 0.1) is 0 Å². The van der Waals surface area contributed by atoms with Crippen LogP contribution in [0, 0.1) is 0 Å². The van der Waals surface area contributed by atoms with Crippen molar-refractivity contribution < 1.29 is 0 Å². The Hall–Kier alpha value is -0.900. The molecule has 0 saturated carbocycles. The van der Waals surface area contributed by atoms with Gasteiger partial charge >= 0.3 is 0 Å². The van der Waals surface area contributed by atoms with Gasteiger partial charge in [-0.25, -0.2) is 0 Å². The van der Waals surface area contributed by atoms with Crippen LogP contribution in [0.5, 0.6) is 0 Å². The first kappa shape index (κ1) is 15.5. The second-order valence-electron chi connectivity index (χ2n) is 5.93. The largest absolute Gasteiger partial charge is 0.316 e. The summed E-state index contributed by atoms with van der Waals surface area (Å²) in [6.07, 6.45) is 2.61. The van der Waals surface area contributed by atoms with Gasteiger partial charge in [-0.2, -0.15) is 0 Å². The summed E-state index contributed by atoms with van der Waals surface area (Å²) >= 11 is 0. The van der Waals surface area contributed by atoms with E-state index in [4.69, 9.17) is 0 Å². The molecule has 1 aromatic rings. The Morgan fingerprint density at radius 2 is 1.95 bits per heavy atom. The first-order chi connectivity index (χ1) is 9.72. The van der Waals surface area contributed by atoms with Gasteiger partial charge in [-0.3, -0.25) is 4.90 Å². The molecule has 1 aliphatic rings. The van der Waals surface area contributed by atoms with Crippen molar-refractivity contribution in [3.8, 4) is 0 Å². The molecule has 1 aromatic carbocycles. The highest BCUT2D eigenvalue weighted by molar-refractivity contribution is 5.23. The smallest absolute Gasteiger partial charge is 0.0233 e. The van der Waals surface area contributed by atoms with E-state index in [9.17, 15) is 0 Å². The maximum Gasteiger partial charge on any atom is 0.0233 e. The van der Waals surface area contributed by atoms with Crippen LogP contribution in [0.1, 0.15) is 30.9 Å². The van der Waals surface area contributed by atoms with Gasteiger partial charge in [-0.15, -0.1) is 0 Å². The molecule has 0 radical (unpaired) electrons. The molecule has 0 bridgehead atoms. The van der Waals surface area contributed by atoms with Crippen LogP contribution in [0.2, 0.25) is 0 Å². The number of nitrogens with zero attached hydrogens (tertiary/aromatic N) is 2. The van der Waals surface area contributed by atoms with Crippen molar-refractivity contribution in [1.29, 1.82) is 0 Å². The number of rotatable bonds is 6. The molecule has 20 heavy (non-hydrogen) atoms. The van der Waals surface area contributed by atoms with E-state index < -0.39 is 0 Å². The zero-order valence-electron chi connectivity index (χ0n) is 13.2. The molecule has 112 valence electrons. The monoisotopic (exact) mass is 275 g/mol. The molecule has 0 unspecified atom stereocenters. The first-order valence-electron chi connectivity index (χ1n) is 7.88. The SMILES string of the molecule is CCN1CCC(N(C)Cc2cccc(CNC)c2)CC1. The van der Waals surface area contributed by atoms with Crippen LogP contribution in [-0.4, -0.2) is 49.6 Å². The zero-order valence-corrected chi connectivity index (χ0v) is 13.2. The fourth-order valence-electron chi connectivity index (χ4n) is 3.14. The fraction of sp³-hybridized carbons (Fsp3) is 0.647. The molecule has 1 aliphatic heterocycles. The van der Waals surface area contributed by atoms with Crippen molar-refractivity contribution in [2.75, 3.05) is 33.7 Å². The summed E-state index contributed by atoms with van der Waals surface area (Å²) in [7, 11) is 4.28. The van der Waals surface area contributed by atoms with Crippen molar-refractivity contribution in [2.45, 2.75) is 38.9 Å². The predicted octanol–water partition coefficient (Wildman–Crippen LogP) is 2.32. The molecular formula is C17H29N3. The minimum absolute atomic E-state index is 0.741. The molecule has 0 spiro atoms. The average Bonchev–Trinajstić information content (AvgIpc) is 2.48. The standard InChI is InChI=1S/C17H29N3/c1-4-20-10-8-17(9-11-20)19(3)14-16-7-5-6-15(12-16)13-18-2/h5-7,12,17-18H,4,8-11,13-14H2,1-3H3. The van der Waals surface area contributed by atoms with E-state index in [2.05, 4.69) is 53.4 Å². The molecule has 1 fully saturated rings. The van der Waals surface area contributed by atoms with Crippen molar-refractivity contribution in [3.05, 3.63) is 35.4 Å². The van der Waals surface area contributed by atoms with Crippen LogP contribution < -0.4 is 5.32 Å². The van der Waals surface area contributed by atoms with E-state index in [1.807, 2.05) is 7.05 Å². The highest BCUT2D eigenvalue weighted by Gasteiger charge is 2.21. The lowest BCUT2D eigenvalue weighted by molar-refractivity contribution is 0.127. The predicted molar refractivity (Wildman–Crippen MR) is 85.8 cm³/mol. The molecule has 0 atom stereocenters. The van der Waals surface area contributed by atoms with Gasteiger partial charge in [0.25, 0.3) is 0 Å². The van der Waals surface area contributed by atoms with Crippen LogP contribution in [0.25, 0.3) is 0 Å². The number of benzene rings is 1. The first-order valence-corrected chi connectivity index (χ1v) is 7.88. The second kappa shape index (κ2) is 7.77. The number of likely N-dealkylation sites (tertiary alicyclic amines) is 1. The van der Waals surface area contributed by atoms with Gasteiger partial charge in [-0.05, 0) is 57.7 Å². The molecule has 1 N–H and O–H groups in total. The molecule has 1 heterocycles. The minimum Gasteiger partial charge on any atom is -0.316 e. The van der Waals surface area contributed by atoms with Crippen LogP contribution in [0.3, 0.4) is 0 Å². The Kier molecular flexibility index (Phi) is 6.02. The lowest BCUT2D eigenvalue weighted by Crippen LogP contribution is -2.42. The Bertz CT molecular complexity index is 397.